The minimum atomic E-state index is -0.430. The zero-order valence-corrected chi connectivity index (χ0v) is 16.8. The summed E-state index contributed by atoms with van der Waals surface area (Å²) in [5.74, 6) is 1.62. The van der Waals surface area contributed by atoms with Crippen LogP contribution >= 0.6 is 0 Å². The van der Waals surface area contributed by atoms with Gasteiger partial charge in [-0.25, -0.2) is 19.3 Å². The Labute approximate surface area is 174 Å². The van der Waals surface area contributed by atoms with Gasteiger partial charge in [0.2, 0.25) is 5.95 Å². The quantitative estimate of drug-likeness (QED) is 0.613. The number of nitrogens with one attached hydrogen (secondary N) is 2. The standard InChI is InChI=1S/C22H24FN5O2/c1-29-18-4-2-3-16(19(18)23)17-9-14-11-25-22(26-15-7-8-30-12-15)28-20(14)21(27-17)24-10-13-5-6-13/h2-4,9,11,13,15H,5-8,10,12H2,1H3,(H,24,27)(H,25,26,28). The van der Waals surface area contributed by atoms with E-state index in [-0.39, 0.29) is 11.8 Å². The predicted octanol–water partition coefficient (Wildman–Crippen LogP) is 3.86. The normalized spacial score (nSPS) is 18.5. The highest BCUT2D eigenvalue weighted by atomic mass is 19.1. The van der Waals surface area contributed by atoms with Crippen LogP contribution in [0, 0.1) is 11.7 Å². The van der Waals surface area contributed by atoms with Gasteiger partial charge in [0.25, 0.3) is 0 Å². The molecule has 0 spiro atoms. The number of methoxy groups -OCH3 is 1. The Morgan fingerprint density at radius 1 is 1.23 bits per heavy atom. The van der Waals surface area contributed by atoms with Crippen LogP contribution in [0.15, 0.2) is 30.5 Å². The van der Waals surface area contributed by atoms with Crippen molar-refractivity contribution >= 4 is 22.7 Å². The number of halogens is 1. The Hall–Kier alpha value is -3.00. The molecule has 1 saturated heterocycles. The molecule has 0 radical (unpaired) electrons. The maximum atomic E-state index is 14.9. The predicted molar refractivity (Wildman–Crippen MR) is 113 cm³/mol. The molecule has 156 valence electrons. The van der Waals surface area contributed by atoms with Gasteiger partial charge in [-0.15, -0.1) is 0 Å². The Kier molecular flexibility index (Phi) is 5.08. The second kappa shape index (κ2) is 8.02. The van der Waals surface area contributed by atoms with Crippen molar-refractivity contribution in [2.75, 3.05) is 37.5 Å². The molecule has 2 N–H and O–H groups in total. The lowest BCUT2D eigenvalue weighted by Crippen LogP contribution is -2.20. The molecule has 0 amide bonds. The molecule has 8 heteroatoms. The van der Waals surface area contributed by atoms with Crippen LogP contribution in [0.5, 0.6) is 5.75 Å². The number of benzene rings is 1. The molecule has 1 aliphatic carbocycles. The lowest BCUT2D eigenvalue weighted by Gasteiger charge is -2.14. The van der Waals surface area contributed by atoms with Crippen molar-refractivity contribution in [3.8, 4) is 17.0 Å². The van der Waals surface area contributed by atoms with Crippen LogP contribution in [0.2, 0.25) is 0 Å². The van der Waals surface area contributed by atoms with Crippen LogP contribution in [-0.4, -0.2) is 47.9 Å². The fraction of sp³-hybridized carbons (Fsp3) is 0.409. The van der Waals surface area contributed by atoms with E-state index in [0.717, 1.165) is 30.5 Å². The second-order valence-electron chi connectivity index (χ2n) is 7.84. The third-order valence-electron chi connectivity index (χ3n) is 5.54. The van der Waals surface area contributed by atoms with Gasteiger partial charge in [-0.3, -0.25) is 0 Å². The van der Waals surface area contributed by atoms with Crippen LogP contribution in [-0.2, 0) is 4.74 Å². The lowest BCUT2D eigenvalue weighted by atomic mass is 10.1. The van der Waals surface area contributed by atoms with Crippen LogP contribution in [0.1, 0.15) is 19.3 Å². The Morgan fingerprint density at radius 3 is 2.90 bits per heavy atom. The molecule has 3 heterocycles. The van der Waals surface area contributed by atoms with Crippen molar-refractivity contribution in [2.45, 2.75) is 25.3 Å². The number of aromatic nitrogens is 3. The van der Waals surface area contributed by atoms with E-state index in [1.54, 1.807) is 24.4 Å². The van der Waals surface area contributed by atoms with Crippen molar-refractivity contribution in [1.82, 2.24) is 15.0 Å². The number of hydrogen-bond acceptors (Lipinski definition) is 7. The summed E-state index contributed by atoms with van der Waals surface area (Å²) >= 11 is 0. The minimum Gasteiger partial charge on any atom is -0.494 e. The molecule has 30 heavy (non-hydrogen) atoms. The molecular formula is C22H24FN5O2. The minimum absolute atomic E-state index is 0.191. The maximum Gasteiger partial charge on any atom is 0.223 e. The van der Waals surface area contributed by atoms with E-state index in [1.165, 1.54) is 20.0 Å². The van der Waals surface area contributed by atoms with Crippen LogP contribution < -0.4 is 15.4 Å². The van der Waals surface area contributed by atoms with Crippen molar-refractivity contribution in [2.24, 2.45) is 5.92 Å². The summed E-state index contributed by atoms with van der Waals surface area (Å²) in [6.45, 7) is 2.23. The first-order valence-electron chi connectivity index (χ1n) is 10.3. The van der Waals surface area contributed by atoms with Gasteiger partial charge in [0.15, 0.2) is 17.4 Å². The van der Waals surface area contributed by atoms with Crippen LogP contribution in [0.25, 0.3) is 22.2 Å². The van der Waals surface area contributed by atoms with Gasteiger partial charge >= 0.3 is 0 Å². The average Bonchev–Trinajstić information content (AvgIpc) is 3.46. The van der Waals surface area contributed by atoms with Gasteiger partial charge in [0.05, 0.1) is 25.5 Å². The summed E-state index contributed by atoms with van der Waals surface area (Å²) < 4.78 is 25.4. The molecule has 3 aromatic rings. The first kappa shape index (κ1) is 19.0. The van der Waals surface area contributed by atoms with E-state index < -0.39 is 5.82 Å². The summed E-state index contributed by atoms with van der Waals surface area (Å²) in [5, 5.41) is 7.55. The summed E-state index contributed by atoms with van der Waals surface area (Å²) in [6, 6.07) is 7.09. The second-order valence-corrected chi connectivity index (χ2v) is 7.84. The molecule has 1 aliphatic heterocycles. The van der Waals surface area contributed by atoms with Gasteiger partial charge in [-0.2, -0.15) is 0 Å². The Morgan fingerprint density at radius 2 is 2.13 bits per heavy atom. The number of rotatable bonds is 7. The smallest absolute Gasteiger partial charge is 0.223 e. The highest BCUT2D eigenvalue weighted by Gasteiger charge is 2.23. The summed E-state index contributed by atoms with van der Waals surface area (Å²) in [7, 11) is 1.45. The first-order valence-corrected chi connectivity index (χ1v) is 10.3. The van der Waals surface area contributed by atoms with E-state index in [1.807, 2.05) is 6.07 Å². The molecule has 2 fully saturated rings. The highest BCUT2D eigenvalue weighted by Crippen LogP contribution is 2.33. The summed E-state index contributed by atoms with van der Waals surface area (Å²) in [5.41, 5.74) is 1.63. The molecule has 1 unspecified atom stereocenters. The van der Waals surface area contributed by atoms with Crippen LogP contribution in [0.3, 0.4) is 0 Å². The molecular weight excluding hydrogens is 385 g/mol. The van der Waals surface area contributed by atoms with Gasteiger partial charge < -0.3 is 20.1 Å². The third kappa shape index (κ3) is 3.87. The van der Waals surface area contributed by atoms with E-state index in [9.17, 15) is 4.39 Å². The topological polar surface area (TPSA) is 81.2 Å². The maximum absolute atomic E-state index is 14.9. The molecule has 2 aromatic heterocycles. The Balaban J connectivity index is 1.55. The van der Waals surface area contributed by atoms with Gasteiger partial charge in [0, 0.05) is 30.3 Å². The summed E-state index contributed by atoms with van der Waals surface area (Å²) in [6.07, 6.45) is 5.13. The largest absolute Gasteiger partial charge is 0.494 e. The fourth-order valence-corrected chi connectivity index (χ4v) is 3.63. The summed E-state index contributed by atoms with van der Waals surface area (Å²) in [4.78, 5) is 13.9. The monoisotopic (exact) mass is 409 g/mol. The molecule has 1 aromatic carbocycles. The molecule has 1 atom stereocenters. The third-order valence-corrected chi connectivity index (χ3v) is 5.54. The van der Waals surface area contributed by atoms with Gasteiger partial charge in [-0.05, 0) is 43.4 Å². The van der Waals surface area contributed by atoms with Gasteiger partial charge in [0.1, 0.15) is 5.52 Å². The molecule has 0 bridgehead atoms. The number of ether oxygens (including phenoxy) is 2. The zero-order chi connectivity index (χ0) is 20.5. The van der Waals surface area contributed by atoms with Crippen LogP contribution in [0.4, 0.5) is 16.2 Å². The Bertz CT molecular complexity index is 1070. The number of hydrogen-bond donors (Lipinski definition) is 2. The first-order chi connectivity index (χ1) is 14.7. The van der Waals surface area contributed by atoms with Gasteiger partial charge in [-0.1, -0.05) is 6.07 Å². The molecule has 5 rings (SSSR count). The lowest BCUT2D eigenvalue weighted by molar-refractivity contribution is 0.195. The highest BCUT2D eigenvalue weighted by molar-refractivity contribution is 5.91. The van der Waals surface area contributed by atoms with Crippen molar-refractivity contribution < 1.29 is 13.9 Å². The number of anilines is 2. The molecule has 7 nitrogen and oxygen atoms in total. The number of pyridine rings is 1. The van der Waals surface area contributed by atoms with Crippen molar-refractivity contribution in [1.29, 1.82) is 0 Å². The number of fused-ring (bicyclic) bond motifs is 1. The van der Waals surface area contributed by atoms with E-state index in [0.29, 0.717) is 35.5 Å². The van der Waals surface area contributed by atoms with E-state index >= 15 is 0 Å². The zero-order valence-electron chi connectivity index (χ0n) is 16.8. The number of nitrogens with zero attached hydrogens (tertiary/aromatic N) is 3. The average molecular weight is 409 g/mol. The van der Waals surface area contributed by atoms with E-state index in [4.69, 9.17) is 19.4 Å². The van der Waals surface area contributed by atoms with E-state index in [2.05, 4.69) is 15.6 Å². The van der Waals surface area contributed by atoms with Crippen molar-refractivity contribution in [3.63, 3.8) is 0 Å². The fourth-order valence-electron chi connectivity index (χ4n) is 3.63. The molecule has 2 aliphatic rings. The SMILES string of the molecule is COc1cccc(-c2cc3cnc(NC4CCOC4)nc3c(NCC3CC3)n2)c1F. The molecule has 1 saturated carbocycles. The van der Waals surface area contributed by atoms with Crippen molar-refractivity contribution in [3.05, 3.63) is 36.3 Å².